The summed E-state index contributed by atoms with van der Waals surface area (Å²) in [5.74, 6) is 0.417. The average Bonchev–Trinajstić information content (AvgIpc) is 3.09. The van der Waals surface area contributed by atoms with Gasteiger partial charge in [0.15, 0.2) is 0 Å². The second-order valence-corrected chi connectivity index (χ2v) is 5.82. The van der Waals surface area contributed by atoms with Crippen LogP contribution in [0.2, 0.25) is 0 Å². The average molecular weight is 337 g/mol. The second-order valence-electron chi connectivity index (χ2n) is 5.82. The number of aromatic nitrogens is 4. The van der Waals surface area contributed by atoms with Crippen LogP contribution < -0.4 is 5.73 Å². The molecule has 2 N–H and O–H groups in total. The molecule has 1 fully saturated rings. The lowest BCUT2D eigenvalue weighted by Gasteiger charge is -2.34. The van der Waals surface area contributed by atoms with E-state index >= 15 is 0 Å². The van der Waals surface area contributed by atoms with E-state index in [1.165, 1.54) is 11.0 Å². The van der Waals surface area contributed by atoms with E-state index in [0.29, 0.717) is 11.5 Å². The molecule has 2 heterocycles. The fraction of sp³-hybridized carbons (Fsp3) is 0.467. The molecule has 0 spiro atoms. The maximum absolute atomic E-state index is 12.7. The van der Waals surface area contributed by atoms with Crippen molar-refractivity contribution in [2.75, 3.05) is 13.1 Å². The lowest BCUT2D eigenvalue weighted by Crippen LogP contribution is -2.45. The Balaban J connectivity index is 0.00000192. The Morgan fingerprint density at radius 3 is 2.96 bits per heavy atom. The summed E-state index contributed by atoms with van der Waals surface area (Å²) in [5.41, 5.74) is 7.42. The molecule has 0 radical (unpaired) electrons. The predicted molar refractivity (Wildman–Crippen MR) is 88.7 cm³/mol. The first-order valence-corrected chi connectivity index (χ1v) is 7.53. The van der Waals surface area contributed by atoms with Gasteiger partial charge in [-0.05, 0) is 54.3 Å². The third-order valence-electron chi connectivity index (χ3n) is 4.20. The zero-order valence-corrected chi connectivity index (χ0v) is 13.8. The first-order chi connectivity index (χ1) is 10.6. The highest BCUT2D eigenvalue weighted by molar-refractivity contribution is 5.94. The Kier molecular flexibility index (Phi) is 5.68. The number of tetrazole rings is 1. The van der Waals surface area contributed by atoms with Gasteiger partial charge >= 0.3 is 0 Å². The van der Waals surface area contributed by atoms with Crippen molar-refractivity contribution < 1.29 is 4.79 Å². The van der Waals surface area contributed by atoms with E-state index in [1.807, 2.05) is 36.1 Å². The van der Waals surface area contributed by atoms with Crippen LogP contribution in [0.4, 0.5) is 0 Å². The topological polar surface area (TPSA) is 89.9 Å². The molecule has 124 valence electrons. The highest BCUT2D eigenvalue weighted by atomic mass is 35.5. The summed E-state index contributed by atoms with van der Waals surface area (Å²) >= 11 is 0. The number of nitrogens with two attached hydrogens (primary N) is 1. The molecule has 1 aromatic carbocycles. The molecule has 1 amide bonds. The number of nitrogens with zero attached hydrogens (tertiary/aromatic N) is 5. The lowest BCUT2D eigenvalue weighted by molar-refractivity contribution is 0.0661. The van der Waals surface area contributed by atoms with Crippen molar-refractivity contribution in [2.24, 2.45) is 11.7 Å². The van der Waals surface area contributed by atoms with Crippen LogP contribution in [-0.4, -0.2) is 50.1 Å². The Bertz CT molecular complexity index is 645. The molecule has 7 nitrogen and oxygen atoms in total. The molecule has 2 aromatic rings. The van der Waals surface area contributed by atoms with Gasteiger partial charge in [-0.25, -0.2) is 4.68 Å². The quantitative estimate of drug-likeness (QED) is 0.912. The maximum atomic E-state index is 12.7. The van der Waals surface area contributed by atoms with Gasteiger partial charge in [0.1, 0.15) is 6.33 Å². The van der Waals surface area contributed by atoms with Gasteiger partial charge < -0.3 is 10.6 Å². The summed E-state index contributed by atoms with van der Waals surface area (Å²) in [6, 6.07) is 7.47. The first-order valence-electron chi connectivity index (χ1n) is 7.53. The van der Waals surface area contributed by atoms with E-state index in [2.05, 4.69) is 15.5 Å². The Morgan fingerprint density at radius 1 is 1.43 bits per heavy atom. The second kappa shape index (κ2) is 7.52. The van der Waals surface area contributed by atoms with E-state index in [9.17, 15) is 4.79 Å². The largest absolute Gasteiger partial charge is 0.338 e. The van der Waals surface area contributed by atoms with Gasteiger partial charge in [-0.2, -0.15) is 0 Å². The minimum Gasteiger partial charge on any atom is -0.338 e. The normalized spacial score (nSPS) is 19.0. The third kappa shape index (κ3) is 3.86. The number of hydrogen-bond acceptors (Lipinski definition) is 5. The van der Waals surface area contributed by atoms with Gasteiger partial charge in [0.05, 0.1) is 5.69 Å². The molecule has 1 aromatic heterocycles. The summed E-state index contributed by atoms with van der Waals surface area (Å²) in [6.45, 7) is 3.53. The molecule has 1 aliphatic heterocycles. The first kappa shape index (κ1) is 17.4. The van der Waals surface area contributed by atoms with Crippen molar-refractivity contribution in [1.82, 2.24) is 25.1 Å². The Labute approximate surface area is 141 Å². The molecule has 1 aliphatic rings. The lowest BCUT2D eigenvalue weighted by atomic mass is 9.92. The number of piperidine rings is 1. The summed E-state index contributed by atoms with van der Waals surface area (Å²) in [5, 5.41) is 11.1. The molecule has 23 heavy (non-hydrogen) atoms. The number of likely N-dealkylation sites (tertiary alicyclic amines) is 1. The van der Waals surface area contributed by atoms with E-state index < -0.39 is 0 Å². The highest BCUT2D eigenvalue weighted by Crippen LogP contribution is 2.21. The van der Waals surface area contributed by atoms with Crippen molar-refractivity contribution in [3.8, 4) is 5.69 Å². The van der Waals surface area contributed by atoms with Crippen LogP contribution >= 0.6 is 12.4 Å². The van der Waals surface area contributed by atoms with Crippen LogP contribution in [0.5, 0.6) is 0 Å². The van der Waals surface area contributed by atoms with Crippen molar-refractivity contribution in [3.63, 3.8) is 0 Å². The van der Waals surface area contributed by atoms with Crippen LogP contribution in [0, 0.1) is 5.92 Å². The highest BCUT2D eigenvalue weighted by Gasteiger charge is 2.26. The van der Waals surface area contributed by atoms with Crippen LogP contribution in [0.1, 0.15) is 30.1 Å². The van der Waals surface area contributed by atoms with E-state index in [0.717, 1.165) is 31.6 Å². The number of carbonyl (C=O) groups is 1. The van der Waals surface area contributed by atoms with Crippen LogP contribution in [0.3, 0.4) is 0 Å². The minimum atomic E-state index is 0. The summed E-state index contributed by atoms with van der Waals surface area (Å²) in [6.07, 6.45) is 3.60. The number of halogens is 1. The number of hydrogen-bond donors (Lipinski definition) is 1. The SMILES string of the molecule is CC(N)C1CCCN(C(=O)c2cccc(-n3cnnn3)c2)C1.Cl. The number of rotatable bonds is 3. The summed E-state index contributed by atoms with van der Waals surface area (Å²) in [4.78, 5) is 14.6. The summed E-state index contributed by atoms with van der Waals surface area (Å²) in [7, 11) is 0. The van der Waals surface area contributed by atoms with Gasteiger partial charge in [-0.1, -0.05) is 6.07 Å². The van der Waals surface area contributed by atoms with Crippen molar-refractivity contribution in [1.29, 1.82) is 0 Å². The molecule has 1 saturated heterocycles. The smallest absolute Gasteiger partial charge is 0.253 e. The number of carbonyl (C=O) groups excluding carboxylic acids is 1. The molecule has 2 unspecified atom stereocenters. The number of benzene rings is 1. The molecule has 0 aliphatic carbocycles. The predicted octanol–water partition coefficient (Wildman–Crippen LogP) is 1.28. The molecule has 3 rings (SSSR count). The zero-order valence-electron chi connectivity index (χ0n) is 13.0. The molecule has 8 heteroatoms. The molecule has 0 bridgehead atoms. The van der Waals surface area contributed by atoms with Gasteiger partial charge in [-0.15, -0.1) is 17.5 Å². The molecular formula is C15H21ClN6O. The van der Waals surface area contributed by atoms with Crippen molar-refractivity contribution in [2.45, 2.75) is 25.8 Å². The Morgan fingerprint density at radius 2 is 2.26 bits per heavy atom. The van der Waals surface area contributed by atoms with Crippen molar-refractivity contribution >= 4 is 18.3 Å². The molecule has 0 saturated carbocycles. The van der Waals surface area contributed by atoms with Crippen molar-refractivity contribution in [3.05, 3.63) is 36.2 Å². The van der Waals surface area contributed by atoms with E-state index in [1.54, 1.807) is 0 Å². The fourth-order valence-electron chi connectivity index (χ4n) is 2.87. The van der Waals surface area contributed by atoms with Crippen LogP contribution in [-0.2, 0) is 0 Å². The number of amides is 1. The Hall–Kier alpha value is -1.99. The van der Waals surface area contributed by atoms with Gasteiger partial charge in [0, 0.05) is 24.7 Å². The van der Waals surface area contributed by atoms with Crippen LogP contribution in [0.15, 0.2) is 30.6 Å². The zero-order chi connectivity index (χ0) is 15.5. The van der Waals surface area contributed by atoms with E-state index in [4.69, 9.17) is 5.73 Å². The monoisotopic (exact) mass is 336 g/mol. The third-order valence-corrected chi connectivity index (χ3v) is 4.20. The minimum absolute atomic E-state index is 0. The fourth-order valence-corrected chi connectivity index (χ4v) is 2.87. The summed E-state index contributed by atoms with van der Waals surface area (Å²) < 4.78 is 1.54. The van der Waals surface area contributed by atoms with E-state index in [-0.39, 0.29) is 24.4 Å². The van der Waals surface area contributed by atoms with Gasteiger partial charge in [0.2, 0.25) is 0 Å². The maximum Gasteiger partial charge on any atom is 0.253 e. The standard InChI is InChI=1S/C15H20N6O.ClH/c1-11(16)13-5-3-7-20(9-13)15(22)12-4-2-6-14(8-12)21-10-17-18-19-21;/h2,4,6,8,10-11,13H,3,5,7,9,16H2,1H3;1H. The molecular weight excluding hydrogens is 316 g/mol. The van der Waals surface area contributed by atoms with Gasteiger partial charge in [0.25, 0.3) is 5.91 Å². The molecule has 2 atom stereocenters. The van der Waals surface area contributed by atoms with Gasteiger partial charge in [-0.3, -0.25) is 4.79 Å². The van der Waals surface area contributed by atoms with Crippen LogP contribution in [0.25, 0.3) is 5.69 Å².